The van der Waals surface area contributed by atoms with Crippen molar-refractivity contribution < 1.29 is 4.11 Å². The number of anilines is 3. The van der Waals surface area contributed by atoms with Gasteiger partial charge in [-0.25, -0.2) is 4.98 Å². The first kappa shape index (κ1) is 31.1. The average Bonchev–Trinajstić information content (AvgIpc) is 3.87. The van der Waals surface area contributed by atoms with Gasteiger partial charge in [-0.2, -0.15) is 0 Å². The van der Waals surface area contributed by atoms with Crippen molar-refractivity contribution in [2.45, 2.75) is 57.8 Å². The standard InChI is InChI=1S/C52H48N4/c1-50(2,3)34-24-26-46-48(30-34)55(33-54(46)7)38-16-14-15-36(29-38)52(43-20-11-8-17-39(43)40-18-9-12-21-44(40)52)37-23-25-42-41-19-10-13-22-45(41)56(47(42)31-37)49-32-35(27-28-53-49)51(4,5)6/h8-32H,33H2,1-7H3/i7D3. The van der Waals surface area contributed by atoms with Crippen molar-refractivity contribution in [2.75, 3.05) is 23.4 Å². The van der Waals surface area contributed by atoms with E-state index in [-0.39, 0.29) is 17.5 Å². The van der Waals surface area contributed by atoms with E-state index in [9.17, 15) is 0 Å². The first-order chi connectivity index (χ1) is 28.2. The summed E-state index contributed by atoms with van der Waals surface area (Å²) in [6, 6.07) is 52.7. The minimum Gasteiger partial charge on any atom is -0.355 e. The molecule has 0 bridgehead atoms. The summed E-state index contributed by atoms with van der Waals surface area (Å²) in [7, 11) is 0. The van der Waals surface area contributed by atoms with Crippen molar-refractivity contribution in [3.63, 3.8) is 0 Å². The molecule has 2 aromatic heterocycles. The molecule has 0 saturated heterocycles. The molecule has 1 aliphatic carbocycles. The lowest BCUT2D eigenvalue weighted by atomic mass is 9.67. The Labute approximate surface area is 334 Å². The molecule has 0 saturated carbocycles. The number of rotatable bonds is 4. The third-order valence-corrected chi connectivity index (χ3v) is 12.2. The van der Waals surface area contributed by atoms with Crippen LogP contribution in [0.1, 0.15) is 79.0 Å². The zero-order valence-electron chi connectivity index (χ0n) is 35.9. The van der Waals surface area contributed by atoms with Crippen LogP contribution >= 0.6 is 0 Å². The Morgan fingerprint density at radius 1 is 0.571 bits per heavy atom. The molecule has 6 aromatic carbocycles. The third kappa shape index (κ3) is 5.01. The first-order valence-electron chi connectivity index (χ1n) is 21.2. The summed E-state index contributed by atoms with van der Waals surface area (Å²) in [6.45, 7) is 11.2. The van der Waals surface area contributed by atoms with E-state index < -0.39 is 12.4 Å². The average molecular weight is 732 g/mol. The van der Waals surface area contributed by atoms with Crippen molar-refractivity contribution in [2.24, 2.45) is 0 Å². The van der Waals surface area contributed by atoms with Crippen LogP contribution in [-0.4, -0.2) is 23.2 Å². The van der Waals surface area contributed by atoms with Crippen LogP contribution in [0, 0.1) is 0 Å². The second kappa shape index (κ2) is 12.2. The molecule has 10 rings (SSSR count). The first-order valence-corrected chi connectivity index (χ1v) is 19.7. The van der Waals surface area contributed by atoms with Crippen LogP contribution in [0.25, 0.3) is 38.8 Å². The number of pyridine rings is 1. The van der Waals surface area contributed by atoms with Crippen LogP contribution < -0.4 is 9.80 Å². The lowest BCUT2D eigenvalue weighted by molar-refractivity contribution is 0.588. The largest absolute Gasteiger partial charge is 0.355 e. The van der Waals surface area contributed by atoms with Crippen molar-refractivity contribution in [3.8, 4) is 16.9 Å². The minimum atomic E-state index is -2.30. The quantitative estimate of drug-likeness (QED) is 0.180. The van der Waals surface area contributed by atoms with Crippen molar-refractivity contribution >= 4 is 38.9 Å². The summed E-state index contributed by atoms with van der Waals surface area (Å²) >= 11 is 0. The number of hydrogen-bond donors (Lipinski definition) is 0. The maximum atomic E-state index is 8.53. The Morgan fingerprint density at radius 3 is 1.96 bits per heavy atom. The Balaban J connectivity index is 1.25. The van der Waals surface area contributed by atoms with E-state index in [1.807, 2.05) is 12.3 Å². The number of para-hydroxylation sites is 1. The fourth-order valence-corrected chi connectivity index (χ4v) is 9.34. The SMILES string of the molecule is [2H]C([2H])([2H])N1CN(c2cccc(C3(c4ccc5c6ccccc6n(-c6cc(C(C)(C)C)ccn6)c5c4)c4ccccc4-c4ccccc43)c2)c2cc(C(C)(C)C)ccc21. The summed E-state index contributed by atoms with van der Waals surface area (Å²) < 4.78 is 27.9. The third-order valence-electron chi connectivity index (χ3n) is 12.2. The van der Waals surface area contributed by atoms with Crippen LogP contribution in [0.3, 0.4) is 0 Å². The summed E-state index contributed by atoms with van der Waals surface area (Å²) in [4.78, 5) is 8.73. The van der Waals surface area contributed by atoms with E-state index in [0.29, 0.717) is 0 Å². The Hall–Kier alpha value is -6.13. The number of nitrogens with zero attached hydrogens (tertiary/aromatic N) is 4. The molecule has 3 heterocycles. The fraction of sp³-hybridized carbons (Fsp3) is 0.212. The monoisotopic (exact) mass is 731 g/mol. The predicted molar refractivity (Wildman–Crippen MR) is 235 cm³/mol. The summed E-state index contributed by atoms with van der Waals surface area (Å²) in [6.07, 6.45) is 1.94. The van der Waals surface area contributed by atoms with Crippen LogP contribution in [0.2, 0.25) is 0 Å². The van der Waals surface area contributed by atoms with Crippen molar-refractivity contribution in [3.05, 3.63) is 185 Å². The molecule has 0 N–H and O–H groups in total. The fourth-order valence-electron chi connectivity index (χ4n) is 9.34. The Bertz CT molecular complexity index is 2920. The summed E-state index contributed by atoms with van der Waals surface area (Å²) in [5.74, 6) is 0.894. The number of fused-ring (bicyclic) bond motifs is 7. The lowest BCUT2D eigenvalue weighted by Gasteiger charge is -2.35. The second-order valence-electron chi connectivity index (χ2n) is 17.6. The zero-order valence-corrected chi connectivity index (χ0v) is 32.9. The maximum absolute atomic E-state index is 8.53. The van der Waals surface area contributed by atoms with Crippen LogP contribution in [0.5, 0.6) is 0 Å². The molecule has 56 heavy (non-hydrogen) atoms. The highest BCUT2D eigenvalue weighted by molar-refractivity contribution is 6.09. The van der Waals surface area contributed by atoms with Gasteiger partial charge < -0.3 is 9.80 Å². The van der Waals surface area contributed by atoms with Gasteiger partial charge in [-0.1, -0.05) is 139 Å². The van der Waals surface area contributed by atoms with Gasteiger partial charge in [-0.3, -0.25) is 4.57 Å². The van der Waals surface area contributed by atoms with Gasteiger partial charge >= 0.3 is 0 Å². The number of hydrogen-bond acceptors (Lipinski definition) is 3. The van der Waals surface area contributed by atoms with E-state index >= 15 is 0 Å². The van der Waals surface area contributed by atoms with Gasteiger partial charge in [0.15, 0.2) is 0 Å². The molecule has 2 aliphatic rings. The van der Waals surface area contributed by atoms with Gasteiger partial charge in [-0.15, -0.1) is 0 Å². The molecule has 0 atom stereocenters. The maximum Gasteiger partial charge on any atom is 0.137 e. The lowest BCUT2D eigenvalue weighted by Crippen LogP contribution is -2.29. The minimum absolute atomic E-state index is 0.0430. The van der Waals surface area contributed by atoms with Gasteiger partial charge in [-0.05, 0) is 104 Å². The molecule has 0 fully saturated rings. The van der Waals surface area contributed by atoms with Crippen LogP contribution in [-0.2, 0) is 16.2 Å². The highest BCUT2D eigenvalue weighted by Gasteiger charge is 2.46. The Morgan fingerprint density at radius 2 is 1.23 bits per heavy atom. The molecule has 276 valence electrons. The predicted octanol–water partition coefficient (Wildman–Crippen LogP) is 12.7. The number of aromatic nitrogens is 2. The van der Waals surface area contributed by atoms with E-state index in [2.05, 4.69) is 191 Å². The smallest absolute Gasteiger partial charge is 0.137 e. The van der Waals surface area contributed by atoms with Gasteiger partial charge in [0, 0.05) is 33.7 Å². The Kier molecular flexibility index (Phi) is 6.77. The summed E-state index contributed by atoms with van der Waals surface area (Å²) in [5, 5.41) is 2.35. The highest BCUT2D eigenvalue weighted by atomic mass is 15.4. The molecule has 0 spiro atoms. The van der Waals surface area contributed by atoms with Crippen molar-refractivity contribution in [1.29, 1.82) is 0 Å². The number of benzene rings is 6. The van der Waals surface area contributed by atoms with Gasteiger partial charge in [0.25, 0.3) is 0 Å². The molecule has 0 radical (unpaired) electrons. The molecule has 4 heteroatoms. The molecule has 8 aromatic rings. The van der Waals surface area contributed by atoms with E-state index in [1.165, 1.54) is 38.6 Å². The molecule has 1 aliphatic heterocycles. The molecule has 4 nitrogen and oxygen atoms in total. The van der Waals surface area contributed by atoms with Crippen molar-refractivity contribution in [1.82, 2.24) is 9.55 Å². The summed E-state index contributed by atoms with van der Waals surface area (Å²) in [5.41, 5.74) is 13.4. The molecular weight excluding hydrogens is 681 g/mol. The van der Waals surface area contributed by atoms with Gasteiger partial charge in [0.05, 0.1) is 34.5 Å². The van der Waals surface area contributed by atoms with E-state index in [1.54, 1.807) is 4.90 Å². The molecule has 0 unspecified atom stereocenters. The van der Waals surface area contributed by atoms with E-state index in [4.69, 9.17) is 9.10 Å². The van der Waals surface area contributed by atoms with Gasteiger partial charge in [0.1, 0.15) is 5.82 Å². The molecular formula is C52H48N4. The second-order valence-corrected chi connectivity index (χ2v) is 17.6. The normalized spacial score (nSPS) is 15.7. The molecule has 0 amide bonds. The van der Waals surface area contributed by atoms with E-state index in [0.717, 1.165) is 50.6 Å². The van der Waals surface area contributed by atoms with Gasteiger partial charge in [0.2, 0.25) is 0 Å². The highest BCUT2D eigenvalue weighted by Crippen LogP contribution is 2.57. The van der Waals surface area contributed by atoms with Crippen LogP contribution in [0.15, 0.2) is 152 Å². The van der Waals surface area contributed by atoms with Crippen LogP contribution in [0.4, 0.5) is 17.1 Å². The zero-order chi connectivity index (χ0) is 41.1. The topological polar surface area (TPSA) is 24.3 Å².